The highest BCUT2D eigenvalue weighted by molar-refractivity contribution is 6.33. The molecule has 1 aromatic heterocycles. The molecule has 7 heteroatoms. The Labute approximate surface area is 137 Å². The van der Waals surface area contributed by atoms with E-state index < -0.39 is 5.91 Å². The van der Waals surface area contributed by atoms with Gasteiger partial charge in [0.05, 0.1) is 7.11 Å². The number of nitrogens with zero attached hydrogens (tertiary/aromatic N) is 2. The Morgan fingerprint density at radius 2 is 1.82 bits per heavy atom. The average molecular weight is 338 g/mol. The van der Waals surface area contributed by atoms with Crippen LogP contribution in [0.1, 0.15) is 21.5 Å². The third-order valence-electron chi connectivity index (χ3n) is 2.94. The Morgan fingerprint density at radius 1 is 1.18 bits per heavy atom. The second-order valence-corrected chi connectivity index (χ2v) is 5.26. The Kier molecular flexibility index (Phi) is 5.00. The third kappa shape index (κ3) is 3.75. The number of carbonyl (C=O) groups is 1. The third-order valence-corrected chi connectivity index (χ3v) is 3.32. The Morgan fingerprint density at radius 3 is 2.41 bits per heavy atom. The van der Waals surface area contributed by atoms with Crippen LogP contribution in [0.5, 0.6) is 5.75 Å². The summed E-state index contributed by atoms with van der Waals surface area (Å²) in [6.45, 7) is 1.90. The molecular weight excluding hydrogens is 325 g/mol. The normalized spacial score (nSPS) is 11.4. The minimum atomic E-state index is -0.553. The van der Waals surface area contributed by atoms with Gasteiger partial charge in [-0.3, -0.25) is 4.79 Å². The molecule has 0 saturated carbocycles. The fraction of sp³-hybridized carbons (Fsp3) is 0.133. The van der Waals surface area contributed by atoms with E-state index in [-0.39, 0.29) is 21.7 Å². The van der Waals surface area contributed by atoms with Crippen LogP contribution in [-0.4, -0.2) is 23.8 Å². The highest BCUT2D eigenvalue weighted by Crippen LogP contribution is 2.19. The molecule has 2 rings (SSSR count). The van der Waals surface area contributed by atoms with Crippen LogP contribution in [0, 0.1) is 6.92 Å². The zero-order valence-corrected chi connectivity index (χ0v) is 13.4. The summed E-state index contributed by atoms with van der Waals surface area (Å²) in [5.74, 6) is 0.189. The zero-order valence-electron chi connectivity index (χ0n) is 11.9. The number of amides is 1. The minimum Gasteiger partial charge on any atom is -0.496 e. The zero-order chi connectivity index (χ0) is 16.3. The van der Waals surface area contributed by atoms with Crippen molar-refractivity contribution in [2.24, 2.45) is 10.7 Å². The van der Waals surface area contributed by atoms with Crippen molar-refractivity contribution in [3.63, 3.8) is 0 Å². The van der Waals surface area contributed by atoms with Gasteiger partial charge in [-0.1, -0.05) is 35.3 Å². The average Bonchev–Trinajstić information content (AvgIpc) is 2.46. The van der Waals surface area contributed by atoms with Gasteiger partial charge in [0.25, 0.3) is 5.91 Å². The van der Waals surface area contributed by atoms with E-state index in [1.807, 2.05) is 13.0 Å². The van der Waals surface area contributed by atoms with Crippen LogP contribution >= 0.6 is 23.2 Å². The van der Waals surface area contributed by atoms with Crippen LogP contribution in [0.15, 0.2) is 35.3 Å². The maximum atomic E-state index is 12.1. The van der Waals surface area contributed by atoms with Crippen molar-refractivity contribution >= 4 is 34.9 Å². The molecule has 5 nitrogen and oxygen atoms in total. The number of hydrogen-bond donors (Lipinski definition) is 1. The molecule has 0 fully saturated rings. The summed E-state index contributed by atoms with van der Waals surface area (Å²) in [5.41, 5.74) is 7.63. The van der Waals surface area contributed by atoms with Gasteiger partial charge in [0.15, 0.2) is 0 Å². The number of amidine groups is 1. The summed E-state index contributed by atoms with van der Waals surface area (Å²) in [4.78, 5) is 19.7. The van der Waals surface area contributed by atoms with Crippen LogP contribution in [0.4, 0.5) is 0 Å². The SMILES string of the molecule is COc1cc(C(N)=NC(=O)c2cc(Cl)nc(Cl)c2)ccc1C. The van der Waals surface area contributed by atoms with E-state index >= 15 is 0 Å². The largest absolute Gasteiger partial charge is 0.496 e. The summed E-state index contributed by atoms with van der Waals surface area (Å²) in [6.07, 6.45) is 0. The van der Waals surface area contributed by atoms with E-state index in [1.54, 1.807) is 19.2 Å². The maximum Gasteiger partial charge on any atom is 0.279 e. The van der Waals surface area contributed by atoms with E-state index in [0.717, 1.165) is 5.56 Å². The van der Waals surface area contributed by atoms with Crippen molar-refractivity contribution in [1.82, 2.24) is 4.98 Å². The number of benzene rings is 1. The van der Waals surface area contributed by atoms with Crippen LogP contribution in [0.2, 0.25) is 10.3 Å². The lowest BCUT2D eigenvalue weighted by atomic mass is 10.1. The topological polar surface area (TPSA) is 77.6 Å². The van der Waals surface area contributed by atoms with Gasteiger partial charge >= 0.3 is 0 Å². The molecule has 0 aliphatic carbocycles. The summed E-state index contributed by atoms with van der Waals surface area (Å²) in [6, 6.07) is 8.07. The van der Waals surface area contributed by atoms with Crippen LogP contribution in [0.25, 0.3) is 0 Å². The number of methoxy groups -OCH3 is 1. The van der Waals surface area contributed by atoms with Gasteiger partial charge in [0, 0.05) is 11.1 Å². The Hall–Kier alpha value is -2.11. The molecule has 2 aromatic rings. The van der Waals surface area contributed by atoms with E-state index in [0.29, 0.717) is 11.3 Å². The number of pyridine rings is 1. The number of carbonyl (C=O) groups excluding carboxylic acids is 1. The number of aliphatic imine (C=N–C) groups is 1. The number of hydrogen-bond acceptors (Lipinski definition) is 3. The van der Waals surface area contributed by atoms with Gasteiger partial charge in [-0.15, -0.1) is 0 Å². The lowest BCUT2D eigenvalue weighted by Crippen LogP contribution is -2.16. The number of halogens is 2. The van der Waals surface area contributed by atoms with Crippen molar-refractivity contribution in [3.05, 3.63) is 57.3 Å². The molecule has 22 heavy (non-hydrogen) atoms. The first kappa shape index (κ1) is 16.3. The van der Waals surface area contributed by atoms with Crippen LogP contribution < -0.4 is 10.5 Å². The summed E-state index contributed by atoms with van der Waals surface area (Å²) in [5, 5.41) is 0.225. The number of aryl methyl sites for hydroxylation is 1. The van der Waals surface area contributed by atoms with Crippen molar-refractivity contribution in [1.29, 1.82) is 0 Å². The molecule has 1 heterocycles. The van der Waals surface area contributed by atoms with Crippen molar-refractivity contribution in [2.45, 2.75) is 6.92 Å². The molecule has 0 radical (unpaired) electrons. The van der Waals surface area contributed by atoms with Crippen LogP contribution in [-0.2, 0) is 0 Å². The second-order valence-electron chi connectivity index (χ2n) is 4.49. The lowest BCUT2D eigenvalue weighted by molar-refractivity contribution is 0.100. The number of aromatic nitrogens is 1. The second kappa shape index (κ2) is 6.77. The van der Waals surface area contributed by atoms with Crippen molar-refractivity contribution < 1.29 is 9.53 Å². The maximum absolute atomic E-state index is 12.1. The molecule has 0 bridgehead atoms. The van der Waals surface area contributed by atoms with E-state index in [1.165, 1.54) is 12.1 Å². The minimum absolute atomic E-state index is 0.0763. The number of nitrogens with two attached hydrogens (primary N) is 1. The molecule has 114 valence electrons. The van der Waals surface area contributed by atoms with Crippen molar-refractivity contribution in [3.8, 4) is 5.75 Å². The molecule has 1 amide bonds. The fourth-order valence-corrected chi connectivity index (χ4v) is 2.27. The summed E-state index contributed by atoms with van der Waals surface area (Å²) in [7, 11) is 1.56. The lowest BCUT2D eigenvalue weighted by Gasteiger charge is -2.07. The van der Waals surface area contributed by atoms with E-state index in [2.05, 4.69) is 9.98 Å². The highest BCUT2D eigenvalue weighted by Gasteiger charge is 2.10. The first-order chi connectivity index (χ1) is 10.4. The predicted octanol–water partition coefficient (Wildman–Crippen LogP) is 3.25. The predicted molar refractivity (Wildman–Crippen MR) is 87.0 cm³/mol. The smallest absolute Gasteiger partial charge is 0.279 e. The van der Waals surface area contributed by atoms with E-state index in [4.69, 9.17) is 33.7 Å². The number of rotatable bonds is 3. The highest BCUT2D eigenvalue weighted by atomic mass is 35.5. The van der Waals surface area contributed by atoms with Crippen molar-refractivity contribution in [2.75, 3.05) is 7.11 Å². The van der Waals surface area contributed by atoms with Crippen LogP contribution in [0.3, 0.4) is 0 Å². The number of ether oxygens (including phenoxy) is 1. The molecule has 0 spiro atoms. The summed E-state index contributed by atoms with van der Waals surface area (Å²) < 4.78 is 5.22. The fourth-order valence-electron chi connectivity index (χ4n) is 1.81. The molecule has 1 aromatic carbocycles. The van der Waals surface area contributed by atoms with Gasteiger partial charge in [-0.2, -0.15) is 4.99 Å². The Bertz CT molecular complexity index is 740. The van der Waals surface area contributed by atoms with Gasteiger partial charge < -0.3 is 10.5 Å². The summed E-state index contributed by atoms with van der Waals surface area (Å²) >= 11 is 11.5. The van der Waals surface area contributed by atoms with Gasteiger partial charge in [0.1, 0.15) is 21.9 Å². The van der Waals surface area contributed by atoms with E-state index in [9.17, 15) is 4.79 Å². The first-order valence-electron chi connectivity index (χ1n) is 6.27. The van der Waals surface area contributed by atoms with Gasteiger partial charge in [0.2, 0.25) is 0 Å². The molecule has 0 aliphatic heterocycles. The monoisotopic (exact) mass is 337 g/mol. The molecule has 0 unspecified atom stereocenters. The molecule has 0 aliphatic rings. The Balaban J connectivity index is 2.33. The first-order valence-corrected chi connectivity index (χ1v) is 7.03. The van der Waals surface area contributed by atoms with Gasteiger partial charge in [-0.25, -0.2) is 4.98 Å². The standard InChI is InChI=1S/C15H13Cl2N3O2/c1-8-3-4-9(5-11(8)22-2)14(18)20-15(21)10-6-12(16)19-13(17)7-10/h3-7H,1-2H3,(H2,18,20,21). The molecule has 0 saturated heterocycles. The molecular formula is C15H13Cl2N3O2. The quantitative estimate of drug-likeness (QED) is 0.529. The molecule has 0 atom stereocenters. The molecule has 2 N–H and O–H groups in total. The van der Waals surface area contributed by atoms with Gasteiger partial charge in [-0.05, 0) is 30.7 Å².